The molecule has 1 aromatic rings. The number of esters is 2. The number of carbonyl (C=O) groups is 2. The molecule has 1 aliphatic rings. The highest BCUT2D eigenvalue weighted by Gasteiger charge is 2.36. The average Bonchev–Trinajstić information content (AvgIpc) is 2.97. The molecule has 1 fully saturated rings. The minimum absolute atomic E-state index is 0.0789. The van der Waals surface area contributed by atoms with Crippen molar-refractivity contribution < 1.29 is 32.0 Å². The highest BCUT2D eigenvalue weighted by atomic mass is 32.2. The van der Waals surface area contributed by atoms with Gasteiger partial charge in [0, 0.05) is 13.1 Å². The number of ether oxygens (including phenoxy) is 2. The van der Waals surface area contributed by atoms with Crippen molar-refractivity contribution in [2.75, 3.05) is 20.2 Å². The molecule has 0 N–H and O–H groups in total. The van der Waals surface area contributed by atoms with Gasteiger partial charge in [0.1, 0.15) is 10.6 Å². The summed E-state index contributed by atoms with van der Waals surface area (Å²) in [6.45, 7) is 5.20. The van der Waals surface area contributed by atoms with E-state index in [0.29, 0.717) is 25.0 Å². The Balaban J connectivity index is 2.00. The summed E-state index contributed by atoms with van der Waals surface area (Å²) in [5, 5.41) is 3.69. The van der Waals surface area contributed by atoms with Crippen LogP contribution in [0.4, 0.5) is 0 Å². The molecular formula is C16H24N2O7S. The first-order chi connectivity index (χ1) is 12.2. The van der Waals surface area contributed by atoms with Crippen molar-refractivity contribution in [3.8, 4) is 0 Å². The Morgan fingerprint density at radius 2 is 1.92 bits per heavy atom. The van der Waals surface area contributed by atoms with Crippen molar-refractivity contribution in [2.45, 2.75) is 51.0 Å². The summed E-state index contributed by atoms with van der Waals surface area (Å²) in [5.74, 6) is -1.31. The number of nitrogens with zero attached hydrogens (tertiary/aromatic N) is 2. The van der Waals surface area contributed by atoms with Gasteiger partial charge in [0.15, 0.2) is 11.9 Å². The molecule has 0 bridgehead atoms. The number of aryl methyl sites for hydroxylation is 2. The highest BCUT2D eigenvalue weighted by Crippen LogP contribution is 2.28. The maximum absolute atomic E-state index is 12.8. The number of aromatic nitrogens is 1. The first-order valence-corrected chi connectivity index (χ1v) is 9.87. The van der Waals surface area contributed by atoms with E-state index < -0.39 is 34.0 Å². The van der Waals surface area contributed by atoms with Crippen LogP contribution in [0.15, 0.2) is 9.42 Å². The van der Waals surface area contributed by atoms with Crippen LogP contribution < -0.4 is 0 Å². The number of hydrogen-bond acceptors (Lipinski definition) is 8. The lowest BCUT2D eigenvalue weighted by Gasteiger charge is -2.30. The van der Waals surface area contributed by atoms with Crippen LogP contribution in [0.2, 0.25) is 0 Å². The fourth-order valence-corrected chi connectivity index (χ4v) is 4.73. The van der Waals surface area contributed by atoms with E-state index in [0.717, 1.165) is 0 Å². The third-order valence-electron chi connectivity index (χ3n) is 4.45. The summed E-state index contributed by atoms with van der Waals surface area (Å²) < 4.78 is 41.6. The predicted octanol–water partition coefficient (Wildman–Crippen LogP) is 1.19. The van der Waals surface area contributed by atoms with Crippen molar-refractivity contribution in [3.05, 3.63) is 11.5 Å². The molecule has 1 aromatic heterocycles. The van der Waals surface area contributed by atoms with Gasteiger partial charge >= 0.3 is 11.9 Å². The lowest BCUT2D eigenvalue weighted by atomic mass is 9.98. The van der Waals surface area contributed by atoms with Gasteiger partial charge in [-0.2, -0.15) is 4.31 Å². The van der Waals surface area contributed by atoms with Gasteiger partial charge in [-0.3, -0.25) is 4.79 Å². The maximum atomic E-state index is 12.8. The van der Waals surface area contributed by atoms with E-state index in [1.165, 1.54) is 11.4 Å². The third kappa shape index (κ3) is 4.07. The molecule has 0 saturated carbocycles. The second-order valence-electron chi connectivity index (χ2n) is 6.19. The summed E-state index contributed by atoms with van der Waals surface area (Å²) >= 11 is 0. The molecule has 146 valence electrons. The topological polar surface area (TPSA) is 116 Å². The van der Waals surface area contributed by atoms with E-state index in [1.54, 1.807) is 20.8 Å². The Kier molecular flexibility index (Phi) is 6.40. The van der Waals surface area contributed by atoms with Gasteiger partial charge in [-0.25, -0.2) is 13.2 Å². The lowest BCUT2D eigenvalue weighted by molar-refractivity contribution is -0.169. The normalized spacial score (nSPS) is 17.7. The molecule has 0 spiro atoms. The Morgan fingerprint density at radius 3 is 2.38 bits per heavy atom. The van der Waals surface area contributed by atoms with Crippen LogP contribution in [0, 0.1) is 19.8 Å². The van der Waals surface area contributed by atoms with Crippen molar-refractivity contribution in [1.82, 2.24) is 9.46 Å². The smallest absolute Gasteiger partial charge is 0.347 e. The van der Waals surface area contributed by atoms with Crippen LogP contribution in [0.1, 0.15) is 37.6 Å². The second-order valence-corrected chi connectivity index (χ2v) is 8.06. The van der Waals surface area contributed by atoms with Crippen molar-refractivity contribution in [2.24, 2.45) is 5.92 Å². The van der Waals surface area contributed by atoms with Crippen LogP contribution >= 0.6 is 0 Å². The van der Waals surface area contributed by atoms with E-state index in [2.05, 4.69) is 9.89 Å². The fraction of sp³-hybridized carbons (Fsp3) is 0.688. The van der Waals surface area contributed by atoms with Crippen molar-refractivity contribution in [1.29, 1.82) is 0 Å². The number of carbonyl (C=O) groups excluding carboxylic acids is 2. The summed E-state index contributed by atoms with van der Waals surface area (Å²) in [6, 6.07) is 0. The maximum Gasteiger partial charge on any atom is 0.347 e. The molecule has 2 heterocycles. The van der Waals surface area contributed by atoms with Gasteiger partial charge < -0.3 is 14.0 Å². The van der Waals surface area contributed by atoms with Crippen LogP contribution in [0.3, 0.4) is 0 Å². The zero-order valence-corrected chi connectivity index (χ0v) is 16.2. The Hall–Kier alpha value is -1.94. The molecule has 26 heavy (non-hydrogen) atoms. The molecule has 0 aromatic carbocycles. The molecule has 1 atom stereocenters. The van der Waals surface area contributed by atoms with Crippen LogP contribution in [0.5, 0.6) is 0 Å². The molecule has 0 radical (unpaired) electrons. The quantitative estimate of drug-likeness (QED) is 0.667. The second kappa shape index (κ2) is 8.17. The van der Waals surface area contributed by atoms with Gasteiger partial charge in [0.25, 0.3) is 0 Å². The minimum atomic E-state index is -3.72. The van der Waals surface area contributed by atoms with E-state index in [1.807, 2.05) is 0 Å². The number of hydrogen-bond donors (Lipinski definition) is 0. The molecule has 1 saturated heterocycles. The predicted molar refractivity (Wildman–Crippen MR) is 89.6 cm³/mol. The molecular weight excluding hydrogens is 364 g/mol. The van der Waals surface area contributed by atoms with Crippen molar-refractivity contribution in [3.63, 3.8) is 0 Å². The zero-order valence-electron chi connectivity index (χ0n) is 15.4. The Labute approximate surface area is 152 Å². The monoisotopic (exact) mass is 388 g/mol. The summed E-state index contributed by atoms with van der Waals surface area (Å²) in [7, 11) is -2.49. The molecule has 9 nitrogen and oxygen atoms in total. The first kappa shape index (κ1) is 20.4. The van der Waals surface area contributed by atoms with Crippen LogP contribution in [0.25, 0.3) is 0 Å². The lowest BCUT2D eigenvalue weighted by Crippen LogP contribution is -2.42. The van der Waals surface area contributed by atoms with Crippen LogP contribution in [-0.4, -0.2) is 56.1 Å². The van der Waals surface area contributed by atoms with Gasteiger partial charge in [0.2, 0.25) is 10.0 Å². The molecule has 0 unspecified atom stereocenters. The number of piperidine rings is 1. The van der Waals surface area contributed by atoms with Gasteiger partial charge in [0.05, 0.1) is 13.0 Å². The standard InChI is InChI=1S/C16H24N2O7S/c1-5-13(16(20)23-4)24-15(19)12-6-8-18(9-7-12)26(21,22)14-10(2)17-25-11(14)3/h12-13H,5-9H2,1-4H3/t13-/m1/s1. The summed E-state index contributed by atoms with van der Waals surface area (Å²) in [5.41, 5.74) is 0.313. The van der Waals surface area contributed by atoms with Crippen molar-refractivity contribution >= 4 is 22.0 Å². The molecule has 2 rings (SSSR count). The Bertz CT molecular complexity index is 744. The largest absolute Gasteiger partial charge is 0.466 e. The summed E-state index contributed by atoms with van der Waals surface area (Å²) in [6.07, 6.45) is 0.0204. The average molecular weight is 388 g/mol. The van der Waals surface area contributed by atoms with Gasteiger partial charge in [-0.15, -0.1) is 0 Å². The highest BCUT2D eigenvalue weighted by molar-refractivity contribution is 7.89. The Morgan fingerprint density at radius 1 is 1.31 bits per heavy atom. The number of rotatable bonds is 6. The zero-order chi connectivity index (χ0) is 19.5. The van der Waals surface area contributed by atoms with E-state index in [-0.39, 0.29) is 23.7 Å². The molecule has 10 heteroatoms. The SMILES string of the molecule is CC[C@@H](OC(=O)C1CCN(S(=O)(=O)c2c(C)noc2C)CC1)C(=O)OC. The molecule has 0 amide bonds. The third-order valence-corrected chi connectivity index (χ3v) is 6.59. The molecule has 1 aliphatic heterocycles. The minimum Gasteiger partial charge on any atom is -0.466 e. The number of methoxy groups -OCH3 is 1. The number of sulfonamides is 1. The van der Waals surface area contributed by atoms with Gasteiger partial charge in [-0.05, 0) is 33.1 Å². The first-order valence-electron chi connectivity index (χ1n) is 8.43. The summed E-state index contributed by atoms with van der Waals surface area (Å²) in [4.78, 5) is 23.9. The van der Waals surface area contributed by atoms with E-state index >= 15 is 0 Å². The van der Waals surface area contributed by atoms with E-state index in [9.17, 15) is 18.0 Å². The fourth-order valence-electron chi connectivity index (χ4n) is 2.97. The van der Waals surface area contributed by atoms with Crippen LogP contribution in [-0.2, 0) is 29.1 Å². The van der Waals surface area contributed by atoms with E-state index in [4.69, 9.17) is 9.26 Å². The molecule has 0 aliphatic carbocycles. The van der Waals surface area contributed by atoms with Gasteiger partial charge in [-0.1, -0.05) is 12.1 Å².